The van der Waals surface area contributed by atoms with E-state index in [-0.39, 0.29) is 6.09 Å². The Morgan fingerprint density at radius 2 is 2.10 bits per heavy atom. The highest BCUT2D eigenvalue weighted by atomic mass is 16.6. The number of nitrogens with two attached hydrogens (primary N) is 1. The molecule has 0 unspecified atom stereocenters. The molecule has 1 aliphatic carbocycles. The first-order valence-corrected chi connectivity index (χ1v) is 7.19. The van der Waals surface area contributed by atoms with Gasteiger partial charge in [-0.2, -0.15) is 5.10 Å². The Hall–Kier alpha value is -1.72. The van der Waals surface area contributed by atoms with Crippen LogP contribution in [0.4, 0.5) is 10.6 Å². The van der Waals surface area contributed by atoms with Gasteiger partial charge in [0.1, 0.15) is 11.4 Å². The van der Waals surface area contributed by atoms with Crippen molar-refractivity contribution in [2.24, 2.45) is 0 Å². The van der Waals surface area contributed by atoms with E-state index >= 15 is 0 Å². The highest BCUT2D eigenvalue weighted by Gasteiger charge is 2.34. The zero-order chi connectivity index (χ0) is 14.5. The Labute approximate surface area is 118 Å². The minimum absolute atomic E-state index is 0.259. The van der Waals surface area contributed by atoms with Crippen LogP contribution in [0.25, 0.3) is 0 Å². The maximum Gasteiger partial charge on any atom is 0.410 e. The van der Waals surface area contributed by atoms with Crippen molar-refractivity contribution in [3.63, 3.8) is 0 Å². The molecule has 0 spiro atoms. The fourth-order valence-corrected chi connectivity index (χ4v) is 2.57. The Balaban J connectivity index is 1.79. The minimum Gasteiger partial charge on any atom is -0.444 e. The second kappa shape index (κ2) is 4.40. The Kier molecular flexibility index (Phi) is 2.92. The van der Waals surface area contributed by atoms with Gasteiger partial charge >= 0.3 is 6.09 Å². The number of nitrogen functional groups attached to an aromatic ring is 1. The second-order valence-corrected chi connectivity index (χ2v) is 6.64. The van der Waals surface area contributed by atoms with E-state index < -0.39 is 5.60 Å². The fraction of sp³-hybridized carbons (Fsp3) is 0.714. The molecule has 1 saturated carbocycles. The molecule has 0 saturated heterocycles. The lowest BCUT2D eigenvalue weighted by molar-refractivity contribution is 0.0218. The van der Waals surface area contributed by atoms with Crippen molar-refractivity contribution in [2.75, 3.05) is 12.3 Å². The molecule has 2 heterocycles. The van der Waals surface area contributed by atoms with Crippen molar-refractivity contribution in [3.05, 3.63) is 11.3 Å². The molecule has 1 fully saturated rings. The summed E-state index contributed by atoms with van der Waals surface area (Å²) in [4.78, 5) is 13.9. The number of rotatable bonds is 1. The summed E-state index contributed by atoms with van der Waals surface area (Å²) < 4.78 is 7.46. The Morgan fingerprint density at radius 3 is 2.70 bits per heavy atom. The van der Waals surface area contributed by atoms with Crippen molar-refractivity contribution < 1.29 is 9.53 Å². The number of hydrogen-bond donors (Lipinski definition) is 1. The van der Waals surface area contributed by atoms with E-state index in [2.05, 4.69) is 5.10 Å². The van der Waals surface area contributed by atoms with Crippen LogP contribution in [0, 0.1) is 0 Å². The van der Waals surface area contributed by atoms with Crippen LogP contribution in [0.15, 0.2) is 0 Å². The van der Waals surface area contributed by atoms with Gasteiger partial charge in [0.25, 0.3) is 0 Å². The number of nitrogens with zero attached hydrogens (tertiary/aromatic N) is 3. The first-order valence-electron chi connectivity index (χ1n) is 7.19. The molecule has 6 heteroatoms. The normalized spacial score (nSPS) is 18.9. The van der Waals surface area contributed by atoms with Gasteiger partial charge in [0.15, 0.2) is 0 Å². The molecule has 0 radical (unpaired) electrons. The van der Waals surface area contributed by atoms with E-state index in [1.165, 1.54) is 0 Å². The van der Waals surface area contributed by atoms with Gasteiger partial charge in [-0.3, -0.25) is 4.68 Å². The largest absolute Gasteiger partial charge is 0.444 e. The molecule has 0 atom stereocenters. The van der Waals surface area contributed by atoms with Gasteiger partial charge in [0, 0.05) is 12.1 Å². The quantitative estimate of drug-likeness (QED) is 0.853. The summed E-state index contributed by atoms with van der Waals surface area (Å²) in [7, 11) is 0. The van der Waals surface area contributed by atoms with Gasteiger partial charge in [0.05, 0.1) is 18.3 Å². The number of anilines is 1. The van der Waals surface area contributed by atoms with E-state index in [9.17, 15) is 4.79 Å². The lowest BCUT2D eigenvalue weighted by Gasteiger charge is -2.30. The summed E-state index contributed by atoms with van der Waals surface area (Å²) in [6, 6.07) is 0.472. The van der Waals surface area contributed by atoms with E-state index in [1.807, 2.05) is 25.5 Å². The van der Waals surface area contributed by atoms with E-state index in [1.54, 1.807) is 4.90 Å². The summed E-state index contributed by atoms with van der Waals surface area (Å²) in [6.07, 6.45) is 2.80. The number of amides is 1. The van der Waals surface area contributed by atoms with Crippen LogP contribution in [0.2, 0.25) is 0 Å². The van der Waals surface area contributed by atoms with Crippen LogP contribution in [0.5, 0.6) is 0 Å². The third kappa shape index (κ3) is 2.46. The molecule has 2 N–H and O–H groups in total. The molecule has 0 bridgehead atoms. The van der Waals surface area contributed by atoms with E-state index in [0.717, 1.165) is 30.5 Å². The third-order valence-electron chi connectivity index (χ3n) is 3.67. The fourth-order valence-electron chi connectivity index (χ4n) is 2.57. The number of carbonyl (C=O) groups excluding carboxylic acids is 1. The van der Waals surface area contributed by atoms with Crippen LogP contribution in [0.3, 0.4) is 0 Å². The summed E-state index contributed by atoms with van der Waals surface area (Å²) in [5, 5.41) is 4.44. The second-order valence-electron chi connectivity index (χ2n) is 6.64. The van der Waals surface area contributed by atoms with Crippen molar-refractivity contribution in [3.8, 4) is 0 Å². The maximum atomic E-state index is 12.2. The molecule has 20 heavy (non-hydrogen) atoms. The van der Waals surface area contributed by atoms with Crippen molar-refractivity contribution in [2.45, 2.75) is 58.2 Å². The number of aromatic nitrogens is 2. The van der Waals surface area contributed by atoms with Crippen molar-refractivity contribution in [1.29, 1.82) is 0 Å². The molecule has 110 valence electrons. The molecule has 1 aromatic heterocycles. The molecule has 1 aliphatic heterocycles. The highest BCUT2D eigenvalue weighted by Crippen LogP contribution is 2.38. The number of carbonyl (C=O) groups is 1. The predicted octanol–water partition coefficient (Wildman–Crippen LogP) is 2.09. The van der Waals surface area contributed by atoms with Gasteiger partial charge in [0.2, 0.25) is 0 Å². The minimum atomic E-state index is -0.465. The van der Waals surface area contributed by atoms with Crippen molar-refractivity contribution >= 4 is 11.9 Å². The van der Waals surface area contributed by atoms with Crippen LogP contribution in [-0.2, 0) is 17.7 Å². The van der Waals surface area contributed by atoms with Gasteiger partial charge in [-0.15, -0.1) is 0 Å². The number of hydrogen-bond acceptors (Lipinski definition) is 4. The maximum absolute atomic E-state index is 12.2. The summed E-state index contributed by atoms with van der Waals surface area (Å²) in [5.41, 5.74) is 7.71. The third-order valence-corrected chi connectivity index (χ3v) is 3.67. The number of fused-ring (bicyclic) bond motifs is 1. The molecule has 0 aromatic carbocycles. The van der Waals surface area contributed by atoms with Gasteiger partial charge in [-0.05, 0) is 40.0 Å². The Morgan fingerprint density at radius 1 is 1.40 bits per heavy atom. The zero-order valence-corrected chi connectivity index (χ0v) is 12.3. The Bertz CT molecular complexity index is 540. The topological polar surface area (TPSA) is 73.4 Å². The standard InChI is InChI=1S/C14H22N4O2/c1-14(2,3)20-13(19)17-7-6-10-11(8-17)18(9-4-5-9)16-12(10)15/h9H,4-8H2,1-3H3,(H2,15,16). The van der Waals surface area contributed by atoms with Gasteiger partial charge in [-0.25, -0.2) is 4.79 Å². The molecular formula is C14H22N4O2. The van der Waals surface area contributed by atoms with Crippen LogP contribution >= 0.6 is 0 Å². The monoisotopic (exact) mass is 278 g/mol. The van der Waals surface area contributed by atoms with Gasteiger partial charge in [-0.1, -0.05) is 0 Å². The average Bonchev–Trinajstić information content (AvgIpc) is 3.13. The first kappa shape index (κ1) is 13.3. The molecule has 6 nitrogen and oxygen atoms in total. The van der Waals surface area contributed by atoms with E-state index in [4.69, 9.17) is 10.5 Å². The summed E-state index contributed by atoms with van der Waals surface area (Å²) >= 11 is 0. The molecule has 1 amide bonds. The van der Waals surface area contributed by atoms with Crippen molar-refractivity contribution in [1.82, 2.24) is 14.7 Å². The summed E-state index contributed by atoms with van der Waals surface area (Å²) in [5.74, 6) is 0.621. The zero-order valence-electron chi connectivity index (χ0n) is 12.3. The SMILES string of the molecule is CC(C)(C)OC(=O)N1CCc2c(N)nn(C3CC3)c2C1. The molecular weight excluding hydrogens is 256 g/mol. The lowest BCUT2D eigenvalue weighted by atomic mass is 10.1. The van der Waals surface area contributed by atoms with Crippen LogP contribution in [0.1, 0.15) is 50.9 Å². The molecule has 2 aliphatic rings. The average molecular weight is 278 g/mol. The van der Waals surface area contributed by atoms with Crippen LogP contribution in [-0.4, -0.2) is 32.9 Å². The smallest absolute Gasteiger partial charge is 0.410 e. The lowest BCUT2D eigenvalue weighted by Crippen LogP contribution is -2.40. The summed E-state index contributed by atoms with van der Waals surface area (Å²) in [6.45, 7) is 6.83. The number of ether oxygens (including phenoxy) is 1. The first-order chi connectivity index (χ1) is 9.35. The molecule has 1 aromatic rings. The van der Waals surface area contributed by atoms with Gasteiger partial charge < -0.3 is 15.4 Å². The highest BCUT2D eigenvalue weighted by molar-refractivity contribution is 5.69. The molecule has 3 rings (SSSR count). The predicted molar refractivity (Wildman–Crippen MR) is 75.3 cm³/mol. The van der Waals surface area contributed by atoms with E-state index in [0.29, 0.717) is 24.9 Å². The van der Waals surface area contributed by atoms with Crippen LogP contribution < -0.4 is 5.73 Å².